The molecule has 0 spiro atoms. The summed E-state index contributed by atoms with van der Waals surface area (Å²) in [6, 6.07) is 5.89. The molecule has 19 heavy (non-hydrogen) atoms. The fourth-order valence-electron chi connectivity index (χ4n) is 2.57. The second kappa shape index (κ2) is 6.94. The van der Waals surface area contributed by atoms with Crippen LogP contribution in [0, 0.1) is 5.92 Å². The number of piperidine rings is 1. The molecule has 0 bridgehead atoms. The van der Waals surface area contributed by atoms with E-state index in [0.29, 0.717) is 0 Å². The van der Waals surface area contributed by atoms with Gasteiger partial charge < -0.3 is 10.2 Å². The van der Waals surface area contributed by atoms with Gasteiger partial charge in [0.1, 0.15) is 0 Å². The number of rotatable bonds is 4. The Labute approximate surface area is 126 Å². The third kappa shape index (κ3) is 4.35. The summed E-state index contributed by atoms with van der Waals surface area (Å²) in [6.45, 7) is 5.61. The predicted octanol–water partition coefficient (Wildman–Crippen LogP) is 3.99. The zero-order valence-electron chi connectivity index (χ0n) is 11.6. The van der Waals surface area contributed by atoms with Gasteiger partial charge in [-0.2, -0.15) is 0 Å². The van der Waals surface area contributed by atoms with Crippen LogP contribution >= 0.6 is 23.2 Å². The summed E-state index contributed by atoms with van der Waals surface area (Å²) in [5.74, 6) is 0.775. The molecule has 1 aliphatic rings. The Morgan fingerprint density at radius 2 is 2.00 bits per heavy atom. The zero-order chi connectivity index (χ0) is 13.8. The van der Waals surface area contributed by atoms with E-state index in [4.69, 9.17) is 23.2 Å². The molecule has 4 heteroatoms. The van der Waals surface area contributed by atoms with Gasteiger partial charge in [0.25, 0.3) is 0 Å². The van der Waals surface area contributed by atoms with E-state index in [9.17, 15) is 0 Å². The molecule has 1 saturated heterocycles. The van der Waals surface area contributed by atoms with Crippen molar-refractivity contribution in [2.24, 2.45) is 5.92 Å². The average Bonchev–Trinajstić information content (AvgIpc) is 2.40. The van der Waals surface area contributed by atoms with Gasteiger partial charge in [-0.1, -0.05) is 23.2 Å². The topological polar surface area (TPSA) is 15.3 Å². The van der Waals surface area contributed by atoms with Gasteiger partial charge in [0.15, 0.2) is 0 Å². The van der Waals surface area contributed by atoms with Crippen molar-refractivity contribution in [1.29, 1.82) is 0 Å². The Bertz CT molecular complexity index is 415. The fraction of sp³-hybridized carbons (Fsp3) is 0.600. The molecule has 1 aromatic rings. The van der Waals surface area contributed by atoms with Gasteiger partial charge in [-0.3, -0.25) is 0 Å². The zero-order valence-corrected chi connectivity index (χ0v) is 13.1. The van der Waals surface area contributed by atoms with Gasteiger partial charge in [-0.05, 0) is 76.1 Å². The first-order valence-electron chi connectivity index (χ1n) is 6.93. The van der Waals surface area contributed by atoms with Crippen molar-refractivity contribution in [1.82, 2.24) is 10.2 Å². The van der Waals surface area contributed by atoms with Crippen molar-refractivity contribution in [3.63, 3.8) is 0 Å². The lowest BCUT2D eigenvalue weighted by molar-refractivity contribution is 0.213. The highest BCUT2D eigenvalue weighted by Gasteiger charge is 2.18. The maximum absolute atomic E-state index is 6.23. The molecular weight excluding hydrogens is 279 g/mol. The molecule has 1 heterocycles. The average molecular weight is 301 g/mol. The normalized spacial score (nSPS) is 19.6. The van der Waals surface area contributed by atoms with E-state index in [0.717, 1.165) is 28.1 Å². The Balaban J connectivity index is 1.87. The number of halogens is 2. The Hall–Kier alpha value is -0.280. The largest absolute Gasteiger partial charge is 0.310 e. The minimum absolute atomic E-state index is 0.242. The molecule has 0 amide bonds. The number of hydrogen-bond donors (Lipinski definition) is 1. The van der Waals surface area contributed by atoms with Crippen molar-refractivity contribution in [3.8, 4) is 0 Å². The van der Waals surface area contributed by atoms with Crippen LogP contribution in [0.4, 0.5) is 0 Å². The van der Waals surface area contributed by atoms with E-state index in [-0.39, 0.29) is 6.04 Å². The van der Waals surface area contributed by atoms with Gasteiger partial charge in [0, 0.05) is 16.1 Å². The van der Waals surface area contributed by atoms with E-state index in [1.165, 1.54) is 25.9 Å². The third-order valence-electron chi connectivity index (χ3n) is 3.98. The molecule has 1 aromatic carbocycles. The van der Waals surface area contributed by atoms with E-state index in [2.05, 4.69) is 24.2 Å². The summed E-state index contributed by atoms with van der Waals surface area (Å²) in [5, 5.41) is 5.12. The molecule has 1 fully saturated rings. The Morgan fingerprint density at radius 1 is 1.32 bits per heavy atom. The third-order valence-corrected chi connectivity index (χ3v) is 4.55. The number of benzene rings is 1. The molecule has 1 aliphatic heterocycles. The van der Waals surface area contributed by atoms with Crippen molar-refractivity contribution in [2.45, 2.75) is 25.8 Å². The molecule has 1 atom stereocenters. The molecule has 0 radical (unpaired) electrons. The standard InChI is InChI=1S/C15H22Cl2N2/c1-11(14-9-13(16)3-4-15(14)17)18-10-12-5-7-19(2)8-6-12/h3-4,9,11-12,18H,5-8,10H2,1-2H3. The van der Waals surface area contributed by atoms with Crippen LogP contribution < -0.4 is 5.32 Å². The van der Waals surface area contributed by atoms with Crippen LogP contribution in [0.25, 0.3) is 0 Å². The monoisotopic (exact) mass is 300 g/mol. The van der Waals surface area contributed by atoms with Gasteiger partial charge in [0.2, 0.25) is 0 Å². The van der Waals surface area contributed by atoms with Crippen LogP contribution in [0.2, 0.25) is 10.0 Å². The predicted molar refractivity (Wildman–Crippen MR) is 83.1 cm³/mol. The van der Waals surface area contributed by atoms with Gasteiger partial charge in [0.05, 0.1) is 0 Å². The van der Waals surface area contributed by atoms with E-state index >= 15 is 0 Å². The smallest absolute Gasteiger partial charge is 0.0454 e. The number of likely N-dealkylation sites (tertiary alicyclic amines) is 1. The Kier molecular flexibility index (Phi) is 5.52. The SMILES string of the molecule is CC(NCC1CCN(C)CC1)c1cc(Cl)ccc1Cl. The minimum Gasteiger partial charge on any atom is -0.310 e. The Morgan fingerprint density at radius 3 is 2.68 bits per heavy atom. The maximum atomic E-state index is 6.23. The molecule has 0 aliphatic carbocycles. The van der Waals surface area contributed by atoms with Crippen molar-refractivity contribution >= 4 is 23.2 Å². The van der Waals surface area contributed by atoms with Crippen LogP contribution in [-0.2, 0) is 0 Å². The van der Waals surface area contributed by atoms with Gasteiger partial charge >= 0.3 is 0 Å². The number of nitrogens with one attached hydrogen (secondary N) is 1. The van der Waals surface area contributed by atoms with Crippen LogP contribution in [0.15, 0.2) is 18.2 Å². The van der Waals surface area contributed by atoms with Crippen LogP contribution in [0.5, 0.6) is 0 Å². The highest BCUT2D eigenvalue weighted by Crippen LogP contribution is 2.26. The maximum Gasteiger partial charge on any atom is 0.0454 e. The van der Waals surface area contributed by atoms with Crippen molar-refractivity contribution in [2.75, 3.05) is 26.7 Å². The van der Waals surface area contributed by atoms with Crippen LogP contribution in [-0.4, -0.2) is 31.6 Å². The highest BCUT2D eigenvalue weighted by atomic mass is 35.5. The second-order valence-corrected chi connectivity index (χ2v) is 6.39. The first kappa shape index (κ1) is 15.1. The molecule has 2 rings (SSSR count). The quantitative estimate of drug-likeness (QED) is 0.904. The van der Waals surface area contributed by atoms with Crippen LogP contribution in [0.3, 0.4) is 0 Å². The molecular formula is C15H22Cl2N2. The fourth-order valence-corrected chi connectivity index (χ4v) is 3.03. The lowest BCUT2D eigenvalue weighted by atomic mass is 9.96. The number of hydrogen-bond acceptors (Lipinski definition) is 2. The summed E-state index contributed by atoms with van der Waals surface area (Å²) in [5.41, 5.74) is 1.09. The molecule has 106 valence electrons. The van der Waals surface area contributed by atoms with Crippen LogP contribution in [0.1, 0.15) is 31.4 Å². The highest BCUT2D eigenvalue weighted by molar-refractivity contribution is 6.33. The summed E-state index contributed by atoms with van der Waals surface area (Å²) < 4.78 is 0. The van der Waals surface area contributed by atoms with E-state index in [1.54, 1.807) is 0 Å². The van der Waals surface area contributed by atoms with E-state index in [1.807, 2.05) is 18.2 Å². The molecule has 0 saturated carbocycles. The van der Waals surface area contributed by atoms with Crippen molar-refractivity contribution < 1.29 is 0 Å². The van der Waals surface area contributed by atoms with Gasteiger partial charge in [-0.25, -0.2) is 0 Å². The summed E-state index contributed by atoms with van der Waals surface area (Å²) in [6.07, 6.45) is 2.55. The second-order valence-electron chi connectivity index (χ2n) is 5.54. The summed E-state index contributed by atoms with van der Waals surface area (Å²) in [7, 11) is 2.19. The molecule has 1 N–H and O–H groups in total. The number of nitrogens with zero attached hydrogens (tertiary/aromatic N) is 1. The molecule has 1 unspecified atom stereocenters. The first-order valence-corrected chi connectivity index (χ1v) is 7.68. The van der Waals surface area contributed by atoms with Crippen molar-refractivity contribution in [3.05, 3.63) is 33.8 Å². The molecule has 0 aromatic heterocycles. The minimum atomic E-state index is 0.242. The summed E-state index contributed by atoms with van der Waals surface area (Å²) in [4.78, 5) is 2.40. The van der Waals surface area contributed by atoms with Gasteiger partial charge in [-0.15, -0.1) is 0 Å². The molecule has 2 nitrogen and oxygen atoms in total. The lowest BCUT2D eigenvalue weighted by Crippen LogP contribution is -2.35. The lowest BCUT2D eigenvalue weighted by Gasteiger charge is -2.30. The first-order chi connectivity index (χ1) is 9.06. The van der Waals surface area contributed by atoms with E-state index < -0.39 is 0 Å². The summed E-state index contributed by atoms with van der Waals surface area (Å²) >= 11 is 12.3.